The summed E-state index contributed by atoms with van der Waals surface area (Å²) >= 11 is 5.82. The Labute approximate surface area is 198 Å². The van der Waals surface area contributed by atoms with E-state index in [2.05, 4.69) is 15.1 Å². The van der Waals surface area contributed by atoms with Crippen molar-refractivity contribution in [3.63, 3.8) is 0 Å². The molecule has 1 aromatic carbocycles. The average molecular weight is 524 g/mol. The van der Waals surface area contributed by atoms with E-state index in [1.165, 1.54) is 24.3 Å². The van der Waals surface area contributed by atoms with E-state index < -0.39 is 50.9 Å². The van der Waals surface area contributed by atoms with Crippen LogP contribution in [-0.2, 0) is 19.4 Å². The number of rotatable bonds is 9. The fraction of sp³-hybridized carbons (Fsp3) is 0.368. The van der Waals surface area contributed by atoms with Gasteiger partial charge in [0, 0.05) is 18.4 Å². The summed E-state index contributed by atoms with van der Waals surface area (Å²) in [5.74, 6) is -1.56. The Morgan fingerprint density at radius 1 is 1.32 bits per heavy atom. The SMILES string of the molecule is CN(C)CCOC(=O)CN=C(/C(Cl)=C(\N)C(F)(F)F)c1nc(-c2cccc(S(C)(=O)=O)c2)no1. The van der Waals surface area contributed by atoms with Gasteiger partial charge in [-0.05, 0) is 26.2 Å². The standard InChI is InChI=1S/C19H21ClF3N5O5S/c1-28(2)7-8-32-13(29)10-25-15(14(20)16(24)19(21,22)23)18-26-17(27-33-18)11-5-4-6-12(9-11)34(3,30)31/h4-6,9H,7-8,10,24H2,1-3H3/b16-14+,25-15?. The van der Waals surface area contributed by atoms with Crippen molar-refractivity contribution in [1.29, 1.82) is 0 Å². The van der Waals surface area contributed by atoms with Crippen molar-refractivity contribution in [3.8, 4) is 11.4 Å². The van der Waals surface area contributed by atoms with Crippen LogP contribution in [-0.4, -0.2) is 81.4 Å². The van der Waals surface area contributed by atoms with Gasteiger partial charge in [-0.25, -0.2) is 8.42 Å². The molecule has 0 aliphatic rings. The topological polar surface area (TPSA) is 141 Å². The number of esters is 1. The van der Waals surface area contributed by atoms with E-state index in [0.717, 1.165) is 6.26 Å². The molecule has 1 heterocycles. The first-order valence-electron chi connectivity index (χ1n) is 9.42. The summed E-state index contributed by atoms with van der Waals surface area (Å²) in [4.78, 5) is 21.3. The molecule has 2 N–H and O–H groups in total. The number of likely N-dealkylation sites (N-methyl/N-ethyl adjacent to an activating group) is 1. The minimum Gasteiger partial charge on any atom is -0.463 e. The molecule has 0 saturated carbocycles. The molecule has 15 heteroatoms. The zero-order valence-electron chi connectivity index (χ0n) is 18.3. The fourth-order valence-electron chi connectivity index (χ4n) is 2.32. The first-order chi connectivity index (χ1) is 15.7. The van der Waals surface area contributed by atoms with Gasteiger partial charge in [-0.15, -0.1) is 0 Å². The lowest BCUT2D eigenvalue weighted by Gasteiger charge is -2.10. The normalized spacial score (nSPS) is 13.7. The molecule has 10 nitrogen and oxygen atoms in total. The summed E-state index contributed by atoms with van der Waals surface area (Å²) in [5.41, 5.74) is 2.93. The molecule has 0 bridgehead atoms. The molecule has 0 atom stereocenters. The van der Waals surface area contributed by atoms with Crippen molar-refractivity contribution in [1.82, 2.24) is 15.0 Å². The van der Waals surface area contributed by atoms with E-state index >= 15 is 0 Å². The van der Waals surface area contributed by atoms with Crippen LogP contribution in [0.25, 0.3) is 11.4 Å². The summed E-state index contributed by atoms with van der Waals surface area (Å²) in [5, 5.41) is 2.58. The second-order valence-electron chi connectivity index (χ2n) is 7.14. The lowest BCUT2D eigenvalue weighted by Crippen LogP contribution is -2.24. The molecule has 0 aliphatic carbocycles. The third kappa shape index (κ3) is 7.53. The van der Waals surface area contributed by atoms with Crippen LogP contribution in [0.5, 0.6) is 0 Å². The molecule has 2 aromatic rings. The molecule has 0 saturated heterocycles. The van der Waals surface area contributed by atoms with Crippen molar-refractivity contribution in [2.75, 3.05) is 40.0 Å². The molecule has 186 valence electrons. The third-order valence-corrected chi connectivity index (χ3v) is 5.56. The van der Waals surface area contributed by atoms with Gasteiger partial charge >= 0.3 is 12.1 Å². The maximum Gasteiger partial charge on any atom is 0.432 e. The number of carbonyl (C=O) groups is 1. The largest absolute Gasteiger partial charge is 0.463 e. The molecule has 1 aromatic heterocycles. The predicted octanol–water partition coefficient (Wildman–Crippen LogP) is 2.01. The van der Waals surface area contributed by atoms with Gasteiger partial charge in [0.25, 0.3) is 5.89 Å². The fourth-order valence-corrected chi connectivity index (χ4v) is 3.23. The number of carbonyl (C=O) groups excluding carboxylic acids is 1. The van der Waals surface area contributed by atoms with Crippen molar-refractivity contribution in [2.45, 2.75) is 11.1 Å². The number of hydrogen-bond acceptors (Lipinski definition) is 10. The maximum absolute atomic E-state index is 13.1. The van der Waals surface area contributed by atoms with E-state index in [9.17, 15) is 26.4 Å². The van der Waals surface area contributed by atoms with E-state index in [1.54, 1.807) is 19.0 Å². The van der Waals surface area contributed by atoms with Crippen LogP contribution < -0.4 is 5.73 Å². The van der Waals surface area contributed by atoms with Gasteiger partial charge in [-0.2, -0.15) is 18.2 Å². The average Bonchev–Trinajstić information content (AvgIpc) is 3.21. The van der Waals surface area contributed by atoms with Crippen LogP contribution in [0.2, 0.25) is 0 Å². The number of aromatic nitrogens is 2. The first-order valence-corrected chi connectivity index (χ1v) is 11.7. The number of sulfone groups is 1. The molecule has 34 heavy (non-hydrogen) atoms. The van der Waals surface area contributed by atoms with Gasteiger partial charge in [-0.1, -0.05) is 28.9 Å². The predicted molar refractivity (Wildman–Crippen MR) is 117 cm³/mol. The monoisotopic (exact) mass is 523 g/mol. The smallest absolute Gasteiger partial charge is 0.432 e. The van der Waals surface area contributed by atoms with Crippen LogP contribution in [0.3, 0.4) is 0 Å². The van der Waals surface area contributed by atoms with Gasteiger partial charge in [0.2, 0.25) is 5.82 Å². The summed E-state index contributed by atoms with van der Waals surface area (Å²) in [6.07, 6.45) is -4.00. The molecule has 0 fully saturated rings. The van der Waals surface area contributed by atoms with Crippen LogP contribution in [0.4, 0.5) is 13.2 Å². The number of halogens is 4. The van der Waals surface area contributed by atoms with Gasteiger partial charge in [0.1, 0.15) is 24.6 Å². The second kappa shape index (κ2) is 11.0. The molecular formula is C19H21ClF3N5O5S. The van der Waals surface area contributed by atoms with E-state index in [-0.39, 0.29) is 22.9 Å². The lowest BCUT2D eigenvalue weighted by atomic mass is 10.2. The van der Waals surface area contributed by atoms with Gasteiger partial charge in [-0.3, -0.25) is 9.79 Å². The molecule has 2 rings (SSSR count). The number of nitrogens with zero attached hydrogens (tertiary/aromatic N) is 4. The molecule has 0 spiro atoms. The summed E-state index contributed by atoms with van der Waals surface area (Å²) in [6, 6.07) is 5.49. The number of benzene rings is 1. The minimum atomic E-state index is -5.00. The van der Waals surface area contributed by atoms with Crippen LogP contribution in [0, 0.1) is 0 Å². The summed E-state index contributed by atoms with van der Waals surface area (Å²) < 4.78 is 72.8. The van der Waals surface area contributed by atoms with E-state index in [1.807, 2.05) is 0 Å². The highest BCUT2D eigenvalue weighted by Gasteiger charge is 2.36. The Bertz CT molecular complexity index is 1210. The summed E-state index contributed by atoms with van der Waals surface area (Å²) in [6.45, 7) is -0.249. The Balaban J connectivity index is 2.43. The summed E-state index contributed by atoms with van der Waals surface area (Å²) in [7, 11) is -0.0350. The van der Waals surface area contributed by atoms with Gasteiger partial charge in [0.05, 0.1) is 9.93 Å². The molecule has 0 unspecified atom stereocenters. The Morgan fingerprint density at radius 3 is 2.59 bits per heavy atom. The van der Waals surface area contributed by atoms with Crippen molar-refractivity contribution in [2.24, 2.45) is 10.7 Å². The minimum absolute atomic E-state index is 0.0341. The highest BCUT2D eigenvalue weighted by molar-refractivity contribution is 7.90. The van der Waals surface area contributed by atoms with Gasteiger partial charge < -0.3 is 19.9 Å². The number of aliphatic imine (C=N–C) groups is 1. The molecule has 0 amide bonds. The Hall–Kier alpha value is -2.97. The van der Waals surface area contributed by atoms with Crippen LogP contribution in [0.1, 0.15) is 5.89 Å². The number of ether oxygens (including phenoxy) is 1. The van der Waals surface area contributed by atoms with E-state index in [0.29, 0.717) is 6.54 Å². The first kappa shape index (κ1) is 27.3. The van der Waals surface area contributed by atoms with Crippen molar-refractivity contribution in [3.05, 3.63) is 40.9 Å². The van der Waals surface area contributed by atoms with E-state index in [4.69, 9.17) is 26.6 Å². The number of nitrogens with two attached hydrogens (primary N) is 1. The number of alkyl halides is 3. The Kier molecular flexibility index (Phi) is 8.80. The highest BCUT2D eigenvalue weighted by atomic mass is 35.5. The zero-order chi connectivity index (χ0) is 25.7. The van der Waals surface area contributed by atoms with Crippen LogP contribution >= 0.6 is 11.6 Å². The second-order valence-corrected chi connectivity index (χ2v) is 9.53. The number of hydrogen-bond donors (Lipinski definition) is 1. The zero-order valence-corrected chi connectivity index (χ0v) is 19.8. The highest BCUT2D eigenvalue weighted by Crippen LogP contribution is 2.28. The number of allylic oxidation sites excluding steroid dienone is 2. The van der Waals surface area contributed by atoms with Crippen molar-refractivity contribution >= 4 is 33.1 Å². The van der Waals surface area contributed by atoms with Gasteiger partial charge in [0.15, 0.2) is 9.84 Å². The molecule has 0 radical (unpaired) electrons. The lowest BCUT2D eigenvalue weighted by molar-refractivity contribution is -0.142. The van der Waals surface area contributed by atoms with Crippen molar-refractivity contribution < 1.29 is 35.6 Å². The molecular weight excluding hydrogens is 503 g/mol. The maximum atomic E-state index is 13.1. The quantitative estimate of drug-likeness (QED) is 0.386. The van der Waals surface area contributed by atoms with Crippen LogP contribution in [0.15, 0.2) is 49.4 Å². The Morgan fingerprint density at radius 2 is 2.00 bits per heavy atom. The third-order valence-electron chi connectivity index (χ3n) is 4.07. The molecule has 0 aliphatic heterocycles.